The highest BCUT2D eigenvalue weighted by Crippen LogP contribution is 2.25. The van der Waals surface area contributed by atoms with Crippen LogP contribution < -0.4 is 4.72 Å². The summed E-state index contributed by atoms with van der Waals surface area (Å²) < 4.78 is 26.0. The summed E-state index contributed by atoms with van der Waals surface area (Å²) in [5.74, 6) is -0.862. The summed E-state index contributed by atoms with van der Waals surface area (Å²) in [6.07, 6.45) is 0. The molecule has 18 heavy (non-hydrogen) atoms. The van der Waals surface area contributed by atoms with Crippen molar-refractivity contribution in [1.29, 1.82) is 0 Å². The number of carbonyl (C=O) groups excluding carboxylic acids is 1. The molecule has 0 N–H and O–H groups in total. The van der Waals surface area contributed by atoms with Crippen LogP contribution in [0.15, 0.2) is 24.3 Å². The highest BCUT2D eigenvalue weighted by Gasteiger charge is 2.24. The third-order valence-electron chi connectivity index (χ3n) is 2.55. The Morgan fingerprint density at radius 3 is 2.28 bits per heavy atom. The summed E-state index contributed by atoms with van der Waals surface area (Å²) >= 11 is 0. The number of rotatable bonds is 3. The molecule has 1 radical (unpaired) electrons. The van der Waals surface area contributed by atoms with Gasteiger partial charge in [0.05, 0.1) is 5.75 Å². The van der Waals surface area contributed by atoms with Gasteiger partial charge >= 0.3 is 0 Å². The van der Waals surface area contributed by atoms with Gasteiger partial charge in [0.2, 0.25) is 0 Å². The maximum Gasteiger partial charge on any atom is 0.288 e. The quantitative estimate of drug-likeness (QED) is 0.843. The van der Waals surface area contributed by atoms with Gasteiger partial charge in [-0.2, -0.15) is 0 Å². The molecule has 1 amide bonds. The SMILES string of the molecule is CCS(=O)(=O)[N]C(=O)c1ccccc1C(C)(C)C. The molecular weight excluding hydrogens is 250 g/mol. The Balaban J connectivity index is 3.15. The highest BCUT2D eigenvalue weighted by atomic mass is 32.2. The van der Waals surface area contributed by atoms with Crippen molar-refractivity contribution in [1.82, 2.24) is 4.72 Å². The number of sulfonamides is 1. The van der Waals surface area contributed by atoms with Gasteiger partial charge in [0, 0.05) is 5.56 Å². The zero-order valence-electron chi connectivity index (χ0n) is 11.1. The van der Waals surface area contributed by atoms with E-state index in [0.29, 0.717) is 5.56 Å². The number of hydrogen-bond donors (Lipinski definition) is 0. The molecule has 0 fully saturated rings. The second kappa shape index (κ2) is 5.10. The topological polar surface area (TPSA) is 65.3 Å². The molecule has 0 aliphatic rings. The molecule has 5 heteroatoms. The molecule has 0 aliphatic carbocycles. The van der Waals surface area contributed by atoms with Crippen molar-refractivity contribution in [3.8, 4) is 0 Å². The van der Waals surface area contributed by atoms with Crippen molar-refractivity contribution < 1.29 is 13.2 Å². The largest absolute Gasteiger partial charge is 0.288 e. The standard InChI is InChI=1S/C13H18NO3S/c1-5-18(16,17)14-12(15)10-8-6-7-9-11(10)13(2,3)4/h6-9H,5H2,1-4H3. The predicted octanol–water partition coefficient (Wildman–Crippen LogP) is 2.08. The fourth-order valence-electron chi connectivity index (χ4n) is 1.56. The van der Waals surface area contributed by atoms with Gasteiger partial charge in [-0.1, -0.05) is 39.0 Å². The molecule has 0 saturated carbocycles. The van der Waals surface area contributed by atoms with Crippen molar-refractivity contribution in [2.75, 3.05) is 5.75 Å². The van der Waals surface area contributed by atoms with E-state index in [9.17, 15) is 13.2 Å². The van der Waals surface area contributed by atoms with E-state index in [4.69, 9.17) is 0 Å². The Hall–Kier alpha value is -1.36. The highest BCUT2D eigenvalue weighted by molar-refractivity contribution is 7.89. The van der Waals surface area contributed by atoms with Crippen LogP contribution in [0.1, 0.15) is 43.6 Å². The van der Waals surface area contributed by atoms with E-state index in [1.807, 2.05) is 32.9 Å². The minimum Gasteiger partial charge on any atom is -0.266 e. The van der Waals surface area contributed by atoms with Gasteiger partial charge in [-0.15, -0.1) is 4.72 Å². The van der Waals surface area contributed by atoms with Crippen LogP contribution in [0, 0.1) is 0 Å². The smallest absolute Gasteiger partial charge is 0.266 e. The van der Waals surface area contributed by atoms with Gasteiger partial charge < -0.3 is 0 Å². The van der Waals surface area contributed by atoms with Crippen LogP contribution in [0.3, 0.4) is 0 Å². The first kappa shape index (κ1) is 14.7. The zero-order chi connectivity index (χ0) is 14.0. The van der Waals surface area contributed by atoms with E-state index in [2.05, 4.69) is 4.72 Å². The van der Waals surface area contributed by atoms with Crippen LogP contribution in [0.4, 0.5) is 0 Å². The summed E-state index contributed by atoms with van der Waals surface area (Å²) in [6.45, 7) is 7.36. The summed E-state index contributed by atoms with van der Waals surface area (Å²) in [7, 11) is -3.65. The van der Waals surface area contributed by atoms with Gasteiger partial charge in [-0.3, -0.25) is 4.79 Å². The minimum absolute atomic E-state index is 0.170. The number of hydrogen-bond acceptors (Lipinski definition) is 3. The number of benzene rings is 1. The molecule has 1 aromatic carbocycles. The van der Waals surface area contributed by atoms with Gasteiger partial charge in [0.25, 0.3) is 15.9 Å². The molecule has 0 aliphatic heterocycles. The van der Waals surface area contributed by atoms with Crippen molar-refractivity contribution in [3.05, 3.63) is 35.4 Å². The normalized spacial score (nSPS) is 12.2. The minimum atomic E-state index is -3.65. The second-order valence-electron chi connectivity index (χ2n) is 5.06. The zero-order valence-corrected chi connectivity index (χ0v) is 11.9. The molecule has 0 bridgehead atoms. The van der Waals surface area contributed by atoms with Crippen LogP contribution in [0.25, 0.3) is 0 Å². The first-order chi connectivity index (χ1) is 8.17. The van der Waals surface area contributed by atoms with Gasteiger partial charge in [0.1, 0.15) is 0 Å². The van der Waals surface area contributed by atoms with E-state index in [1.165, 1.54) is 6.92 Å². The van der Waals surface area contributed by atoms with Crippen molar-refractivity contribution in [3.63, 3.8) is 0 Å². The Kier molecular flexibility index (Phi) is 4.16. The van der Waals surface area contributed by atoms with E-state index in [1.54, 1.807) is 12.1 Å². The van der Waals surface area contributed by atoms with Crippen LogP contribution in [0.2, 0.25) is 0 Å². The van der Waals surface area contributed by atoms with E-state index < -0.39 is 15.9 Å². The van der Waals surface area contributed by atoms with Crippen LogP contribution in [-0.2, 0) is 15.4 Å². The lowest BCUT2D eigenvalue weighted by Gasteiger charge is -2.21. The number of nitrogens with zero attached hydrogens (tertiary/aromatic N) is 1. The third-order valence-corrected chi connectivity index (χ3v) is 3.73. The molecule has 99 valence electrons. The fraction of sp³-hybridized carbons (Fsp3) is 0.462. The molecule has 0 heterocycles. The average Bonchev–Trinajstić information content (AvgIpc) is 2.27. The van der Waals surface area contributed by atoms with E-state index in [-0.39, 0.29) is 11.2 Å². The Bertz CT molecular complexity index is 542. The molecule has 0 atom stereocenters. The van der Waals surface area contributed by atoms with Gasteiger partial charge in [-0.05, 0) is 24.0 Å². The average molecular weight is 268 g/mol. The second-order valence-corrected chi connectivity index (χ2v) is 6.99. The number of carbonyl (C=O) groups is 1. The van der Waals surface area contributed by atoms with Crippen molar-refractivity contribution >= 4 is 15.9 Å². The monoisotopic (exact) mass is 268 g/mol. The Morgan fingerprint density at radius 2 is 1.78 bits per heavy atom. The molecule has 1 rings (SSSR count). The Morgan fingerprint density at radius 1 is 1.22 bits per heavy atom. The molecule has 0 aromatic heterocycles. The van der Waals surface area contributed by atoms with Crippen LogP contribution in [0.5, 0.6) is 0 Å². The van der Waals surface area contributed by atoms with Crippen LogP contribution in [-0.4, -0.2) is 20.1 Å². The molecule has 0 spiro atoms. The lowest BCUT2D eigenvalue weighted by Crippen LogP contribution is -2.27. The maximum absolute atomic E-state index is 11.9. The summed E-state index contributed by atoms with van der Waals surface area (Å²) in [6, 6.07) is 6.96. The fourth-order valence-corrected chi connectivity index (χ4v) is 2.04. The Labute approximate surface area is 108 Å². The lowest BCUT2D eigenvalue weighted by atomic mass is 9.83. The van der Waals surface area contributed by atoms with E-state index in [0.717, 1.165) is 5.56 Å². The molecule has 0 saturated heterocycles. The maximum atomic E-state index is 11.9. The molecular formula is C13H18NO3S. The summed E-state index contributed by atoms with van der Waals surface area (Å²) in [5.41, 5.74) is 0.907. The van der Waals surface area contributed by atoms with Gasteiger partial charge in [0.15, 0.2) is 0 Å². The molecule has 4 nitrogen and oxygen atoms in total. The molecule has 0 unspecified atom stereocenters. The molecule has 1 aromatic rings. The van der Waals surface area contributed by atoms with E-state index >= 15 is 0 Å². The van der Waals surface area contributed by atoms with Crippen molar-refractivity contribution in [2.24, 2.45) is 0 Å². The summed E-state index contributed by atoms with van der Waals surface area (Å²) in [4.78, 5) is 11.9. The number of amides is 1. The van der Waals surface area contributed by atoms with Crippen LogP contribution >= 0.6 is 0 Å². The first-order valence-corrected chi connectivity index (χ1v) is 7.38. The predicted molar refractivity (Wildman–Crippen MR) is 71.1 cm³/mol. The summed E-state index contributed by atoms with van der Waals surface area (Å²) in [5, 5.41) is 0. The van der Waals surface area contributed by atoms with Gasteiger partial charge in [-0.25, -0.2) is 8.42 Å². The van der Waals surface area contributed by atoms with Crippen molar-refractivity contribution in [2.45, 2.75) is 33.1 Å². The lowest BCUT2D eigenvalue weighted by molar-refractivity contribution is 0.0976. The third kappa shape index (κ3) is 3.57. The first-order valence-electron chi connectivity index (χ1n) is 5.77.